The summed E-state index contributed by atoms with van der Waals surface area (Å²) < 4.78 is 12.8. The summed E-state index contributed by atoms with van der Waals surface area (Å²) >= 11 is 0. The van der Waals surface area contributed by atoms with Crippen LogP contribution < -0.4 is 5.32 Å². The molecule has 0 aliphatic carbocycles. The predicted molar refractivity (Wildman–Crippen MR) is 36.2 cm³/mol. The van der Waals surface area contributed by atoms with Gasteiger partial charge in [-0.05, 0) is 5.92 Å². The molecule has 1 aliphatic heterocycles. The molecule has 1 fully saturated rings. The van der Waals surface area contributed by atoms with Gasteiger partial charge >= 0.3 is 0 Å². The molecule has 2 atom stereocenters. The maximum absolute atomic E-state index is 12.8. The van der Waals surface area contributed by atoms with E-state index in [-0.39, 0.29) is 11.8 Å². The first kappa shape index (κ1) is 7.51. The topological polar surface area (TPSA) is 29.1 Å². The highest BCUT2D eigenvalue weighted by Gasteiger charge is 2.36. The minimum absolute atomic E-state index is 0.118. The van der Waals surface area contributed by atoms with Gasteiger partial charge in [-0.2, -0.15) is 0 Å². The first-order chi connectivity index (χ1) is 4.63. The highest BCUT2D eigenvalue weighted by Crippen LogP contribution is 2.21. The average molecular weight is 145 g/mol. The van der Waals surface area contributed by atoms with Gasteiger partial charge in [0, 0.05) is 12.5 Å². The lowest BCUT2D eigenvalue weighted by Crippen LogP contribution is -2.22. The monoisotopic (exact) mass is 145 g/mol. The fraction of sp³-hybridized carbons (Fsp3) is 0.857. The molecule has 58 valence electrons. The molecule has 0 bridgehead atoms. The zero-order chi connectivity index (χ0) is 7.72. The van der Waals surface area contributed by atoms with E-state index < -0.39 is 12.1 Å². The average Bonchev–Trinajstić information content (AvgIpc) is 2.14. The fourth-order valence-corrected chi connectivity index (χ4v) is 1.19. The molecule has 1 rings (SSSR count). The van der Waals surface area contributed by atoms with E-state index in [4.69, 9.17) is 0 Å². The van der Waals surface area contributed by atoms with Crippen LogP contribution in [0, 0.1) is 11.8 Å². The Bertz CT molecular complexity index is 147. The van der Waals surface area contributed by atoms with E-state index in [1.54, 1.807) is 0 Å². The van der Waals surface area contributed by atoms with Crippen molar-refractivity contribution in [1.29, 1.82) is 0 Å². The normalized spacial score (nSPS) is 33.0. The second-order valence-corrected chi connectivity index (χ2v) is 3.05. The summed E-state index contributed by atoms with van der Waals surface area (Å²) in [5.74, 6) is -0.319. The molecule has 0 radical (unpaired) electrons. The van der Waals surface area contributed by atoms with Crippen LogP contribution in [0.1, 0.15) is 13.8 Å². The minimum Gasteiger partial charge on any atom is -0.353 e. The standard InChI is InChI=1S/C7H12FNO/c1-4(2)5-3-9-7(10)6(5)8/h4-6H,3H2,1-2H3,(H,9,10)/t5-,6-/m0/s1. The van der Waals surface area contributed by atoms with Crippen molar-refractivity contribution in [2.24, 2.45) is 11.8 Å². The number of nitrogens with one attached hydrogen (secondary N) is 1. The fourth-order valence-electron chi connectivity index (χ4n) is 1.19. The number of hydrogen-bond acceptors (Lipinski definition) is 1. The van der Waals surface area contributed by atoms with Crippen molar-refractivity contribution in [3.63, 3.8) is 0 Å². The molecule has 1 N–H and O–H groups in total. The van der Waals surface area contributed by atoms with Gasteiger partial charge in [-0.15, -0.1) is 0 Å². The molecule has 10 heavy (non-hydrogen) atoms. The van der Waals surface area contributed by atoms with Crippen LogP contribution >= 0.6 is 0 Å². The Morgan fingerprint density at radius 2 is 2.30 bits per heavy atom. The van der Waals surface area contributed by atoms with Crippen LogP contribution in [0.2, 0.25) is 0 Å². The Morgan fingerprint density at radius 3 is 2.50 bits per heavy atom. The minimum atomic E-state index is -1.28. The zero-order valence-corrected chi connectivity index (χ0v) is 6.23. The molecule has 1 aliphatic rings. The van der Waals surface area contributed by atoms with E-state index in [1.165, 1.54) is 0 Å². The zero-order valence-electron chi connectivity index (χ0n) is 6.23. The van der Waals surface area contributed by atoms with Crippen molar-refractivity contribution in [1.82, 2.24) is 5.32 Å². The third-order valence-corrected chi connectivity index (χ3v) is 1.99. The second-order valence-electron chi connectivity index (χ2n) is 3.05. The summed E-state index contributed by atoms with van der Waals surface area (Å²) in [6, 6.07) is 0. The van der Waals surface area contributed by atoms with Gasteiger partial charge in [0.15, 0.2) is 6.17 Å². The van der Waals surface area contributed by atoms with Gasteiger partial charge in [0.1, 0.15) is 0 Å². The lowest BCUT2D eigenvalue weighted by molar-refractivity contribution is -0.124. The van der Waals surface area contributed by atoms with Gasteiger partial charge in [-0.1, -0.05) is 13.8 Å². The highest BCUT2D eigenvalue weighted by molar-refractivity contribution is 5.83. The largest absolute Gasteiger partial charge is 0.353 e. The number of halogens is 1. The van der Waals surface area contributed by atoms with Crippen molar-refractivity contribution < 1.29 is 9.18 Å². The third kappa shape index (κ3) is 1.13. The van der Waals surface area contributed by atoms with E-state index in [1.807, 2.05) is 13.8 Å². The SMILES string of the molecule is CC(C)[C@@H]1CNC(=O)[C@H]1F. The molecule has 0 aromatic heterocycles. The molecular weight excluding hydrogens is 133 g/mol. The van der Waals surface area contributed by atoms with E-state index in [0.29, 0.717) is 6.54 Å². The first-order valence-corrected chi connectivity index (χ1v) is 3.54. The molecule has 1 amide bonds. The van der Waals surface area contributed by atoms with Gasteiger partial charge in [-0.25, -0.2) is 4.39 Å². The van der Waals surface area contributed by atoms with Crippen molar-refractivity contribution in [2.75, 3.05) is 6.54 Å². The van der Waals surface area contributed by atoms with Crippen LogP contribution in [0.4, 0.5) is 4.39 Å². The van der Waals surface area contributed by atoms with Gasteiger partial charge in [0.05, 0.1) is 0 Å². The Balaban J connectivity index is 2.57. The van der Waals surface area contributed by atoms with Crippen LogP contribution in [-0.2, 0) is 4.79 Å². The second kappa shape index (κ2) is 2.56. The molecule has 2 nitrogen and oxygen atoms in total. The van der Waals surface area contributed by atoms with Crippen LogP contribution in [0.5, 0.6) is 0 Å². The maximum Gasteiger partial charge on any atom is 0.254 e. The first-order valence-electron chi connectivity index (χ1n) is 3.54. The number of carbonyl (C=O) groups is 1. The Morgan fingerprint density at radius 1 is 1.70 bits per heavy atom. The lowest BCUT2D eigenvalue weighted by atomic mass is 9.94. The van der Waals surface area contributed by atoms with E-state index in [0.717, 1.165) is 0 Å². The summed E-state index contributed by atoms with van der Waals surface area (Å²) in [7, 11) is 0. The molecular formula is C7H12FNO. The molecule has 3 heteroatoms. The van der Waals surface area contributed by atoms with Crippen molar-refractivity contribution in [3.05, 3.63) is 0 Å². The Kier molecular flexibility index (Phi) is 1.92. The number of amides is 1. The Hall–Kier alpha value is -0.600. The van der Waals surface area contributed by atoms with Crippen LogP contribution in [0.3, 0.4) is 0 Å². The summed E-state index contributed by atoms with van der Waals surface area (Å²) in [5.41, 5.74) is 0. The number of rotatable bonds is 1. The smallest absolute Gasteiger partial charge is 0.254 e. The summed E-state index contributed by atoms with van der Waals surface area (Å²) in [6.07, 6.45) is -1.28. The van der Waals surface area contributed by atoms with Gasteiger partial charge in [-0.3, -0.25) is 4.79 Å². The quantitative estimate of drug-likeness (QED) is 0.579. The van der Waals surface area contributed by atoms with Crippen molar-refractivity contribution in [2.45, 2.75) is 20.0 Å². The number of hydrogen-bond donors (Lipinski definition) is 1. The molecule has 0 aromatic carbocycles. The van der Waals surface area contributed by atoms with Crippen molar-refractivity contribution >= 4 is 5.91 Å². The summed E-state index contributed by atoms with van der Waals surface area (Å²) in [5, 5.41) is 2.49. The lowest BCUT2D eigenvalue weighted by Gasteiger charge is -2.12. The van der Waals surface area contributed by atoms with E-state index in [2.05, 4.69) is 5.32 Å². The third-order valence-electron chi connectivity index (χ3n) is 1.99. The predicted octanol–water partition coefficient (Wildman–Crippen LogP) is 0.726. The number of alkyl halides is 1. The van der Waals surface area contributed by atoms with Crippen LogP contribution in [0.25, 0.3) is 0 Å². The molecule has 0 aromatic rings. The molecule has 0 unspecified atom stereocenters. The molecule has 1 heterocycles. The summed E-state index contributed by atoms with van der Waals surface area (Å²) in [4.78, 5) is 10.6. The van der Waals surface area contributed by atoms with E-state index >= 15 is 0 Å². The number of carbonyl (C=O) groups excluding carboxylic acids is 1. The van der Waals surface area contributed by atoms with Crippen molar-refractivity contribution in [3.8, 4) is 0 Å². The molecule has 0 spiro atoms. The Labute approximate surface area is 59.8 Å². The molecule has 0 saturated carbocycles. The van der Waals surface area contributed by atoms with Gasteiger partial charge < -0.3 is 5.32 Å². The van der Waals surface area contributed by atoms with Crippen LogP contribution in [0.15, 0.2) is 0 Å². The maximum atomic E-state index is 12.8. The van der Waals surface area contributed by atoms with E-state index in [9.17, 15) is 9.18 Å². The van der Waals surface area contributed by atoms with Crippen LogP contribution in [-0.4, -0.2) is 18.6 Å². The molecule has 1 saturated heterocycles. The van der Waals surface area contributed by atoms with Gasteiger partial charge in [0.2, 0.25) is 0 Å². The highest BCUT2D eigenvalue weighted by atomic mass is 19.1. The summed E-state index contributed by atoms with van der Waals surface area (Å²) in [6.45, 7) is 4.35. The van der Waals surface area contributed by atoms with Gasteiger partial charge in [0.25, 0.3) is 5.91 Å².